The Kier molecular flexibility index (Phi) is 4.85. The molecule has 1 N–H and O–H groups in total. The van der Waals surface area contributed by atoms with Crippen LogP contribution in [0.5, 0.6) is 11.5 Å². The van der Waals surface area contributed by atoms with E-state index < -0.39 is 10.8 Å². The van der Waals surface area contributed by atoms with Crippen LogP contribution in [0.15, 0.2) is 72.9 Å². The molecule has 0 fully saturated rings. The lowest BCUT2D eigenvalue weighted by molar-refractivity contribution is -0.384. The van der Waals surface area contributed by atoms with Crippen molar-refractivity contribution in [1.29, 1.82) is 0 Å². The normalized spacial score (nSPS) is 10.6. The SMILES string of the molecule is O=C(NCc1nnc2ccccn12)c1cc([N+](=O)[O-])ccc1Oc1ccccc1. The maximum Gasteiger partial charge on any atom is 0.270 e. The molecule has 0 bridgehead atoms. The van der Waals surface area contributed by atoms with Gasteiger partial charge in [0.15, 0.2) is 11.5 Å². The number of pyridine rings is 1. The Bertz CT molecular complexity index is 1190. The van der Waals surface area contributed by atoms with Gasteiger partial charge in [0.25, 0.3) is 11.6 Å². The Morgan fingerprint density at radius 3 is 2.66 bits per heavy atom. The number of nitrogens with one attached hydrogen (secondary N) is 1. The average molecular weight is 389 g/mol. The van der Waals surface area contributed by atoms with E-state index in [-0.39, 0.29) is 23.5 Å². The molecule has 9 heteroatoms. The average Bonchev–Trinajstić information content (AvgIpc) is 3.16. The number of para-hydroxylation sites is 1. The number of nitrogens with zero attached hydrogens (tertiary/aromatic N) is 4. The summed E-state index contributed by atoms with van der Waals surface area (Å²) in [6.07, 6.45) is 1.79. The summed E-state index contributed by atoms with van der Waals surface area (Å²) < 4.78 is 7.50. The molecule has 0 aliphatic carbocycles. The monoisotopic (exact) mass is 389 g/mol. The molecule has 0 aliphatic rings. The lowest BCUT2D eigenvalue weighted by Gasteiger charge is -2.11. The Hall–Kier alpha value is -4.27. The van der Waals surface area contributed by atoms with E-state index in [1.54, 1.807) is 40.9 Å². The minimum Gasteiger partial charge on any atom is -0.457 e. The third kappa shape index (κ3) is 3.88. The quantitative estimate of drug-likeness (QED) is 0.400. The van der Waals surface area contributed by atoms with Gasteiger partial charge in [0.05, 0.1) is 17.0 Å². The van der Waals surface area contributed by atoms with Crippen LogP contribution in [0.3, 0.4) is 0 Å². The molecule has 0 radical (unpaired) electrons. The second-order valence-corrected chi connectivity index (χ2v) is 6.08. The predicted octanol–water partition coefficient (Wildman–Crippen LogP) is 3.36. The van der Waals surface area contributed by atoms with Gasteiger partial charge in [0.2, 0.25) is 0 Å². The Balaban J connectivity index is 1.60. The fourth-order valence-electron chi connectivity index (χ4n) is 2.78. The lowest BCUT2D eigenvalue weighted by Crippen LogP contribution is -2.24. The third-order valence-corrected chi connectivity index (χ3v) is 4.18. The van der Waals surface area contributed by atoms with Crippen LogP contribution in [0.4, 0.5) is 5.69 Å². The number of rotatable bonds is 6. The van der Waals surface area contributed by atoms with Gasteiger partial charge in [-0.25, -0.2) is 0 Å². The van der Waals surface area contributed by atoms with Crippen molar-refractivity contribution in [3.63, 3.8) is 0 Å². The smallest absolute Gasteiger partial charge is 0.270 e. The van der Waals surface area contributed by atoms with Gasteiger partial charge in [0.1, 0.15) is 11.5 Å². The molecule has 0 spiro atoms. The fourth-order valence-corrected chi connectivity index (χ4v) is 2.78. The summed E-state index contributed by atoms with van der Waals surface area (Å²) in [5, 5.41) is 22.0. The van der Waals surface area contributed by atoms with Gasteiger partial charge in [-0.2, -0.15) is 0 Å². The third-order valence-electron chi connectivity index (χ3n) is 4.18. The molecular weight excluding hydrogens is 374 g/mol. The summed E-state index contributed by atoms with van der Waals surface area (Å²) in [4.78, 5) is 23.4. The first kappa shape index (κ1) is 18.1. The van der Waals surface area contributed by atoms with Crippen LogP contribution in [0.1, 0.15) is 16.2 Å². The predicted molar refractivity (Wildman–Crippen MR) is 104 cm³/mol. The second kappa shape index (κ2) is 7.77. The van der Waals surface area contributed by atoms with Crippen molar-refractivity contribution in [2.24, 2.45) is 0 Å². The number of aromatic nitrogens is 3. The van der Waals surface area contributed by atoms with Crippen LogP contribution >= 0.6 is 0 Å². The molecule has 1 amide bonds. The number of carbonyl (C=O) groups excluding carboxylic acids is 1. The zero-order valence-electron chi connectivity index (χ0n) is 15.1. The molecule has 0 saturated carbocycles. The maximum absolute atomic E-state index is 12.8. The van der Waals surface area contributed by atoms with E-state index in [1.165, 1.54) is 18.2 Å². The van der Waals surface area contributed by atoms with Gasteiger partial charge in [0, 0.05) is 18.3 Å². The molecule has 0 atom stereocenters. The fraction of sp³-hybridized carbons (Fsp3) is 0.0500. The van der Waals surface area contributed by atoms with Crippen molar-refractivity contribution < 1.29 is 14.5 Å². The summed E-state index contributed by atoms with van der Waals surface area (Å²) >= 11 is 0. The minimum atomic E-state index is -0.560. The summed E-state index contributed by atoms with van der Waals surface area (Å²) in [5.41, 5.74) is 0.501. The number of nitro benzene ring substituents is 1. The number of ether oxygens (including phenoxy) is 1. The van der Waals surface area contributed by atoms with Crippen LogP contribution in [0, 0.1) is 10.1 Å². The van der Waals surface area contributed by atoms with E-state index in [1.807, 2.05) is 18.2 Å². The highest BCUT2D eigenvalue weighted by molar-refractivity contribution is 5.97. The molecule has 2 heterocycles. The largest absolute Gasteiger partial charge is 0.457 e. The van der Waals surface area contributed by atoms with Crippen molar-refractivity contribution >= 4 is 17.2 Å². The van der Waals surface area contributed by atoms with E-state index in [0.29, 0.717) is 17.2 Å². The van der Waals surface area contributed by atoms with Crippen molar-refractivity contribution in [3.05, 3.63) is 94.4 Å². The summed E-state index contributed by atoms with van der Waals surface area (Å²) in [5.74, 6) is 0.737. The van der Waals surface area contributed by atoms with Crippen LogP contribution in [-0.2, 0) is 6.54 Å². The van der Waals surface area contributed by atoms with Crippen molar-refractivity contribution in [1.82, 2.24) is 19.9 Å². The molecule has 2 aromatic carbocycles. The standard InChI is InChI=1S/C20H15N5O4/c26-20(21-13-19-23-22-18-8-4-5-11-24(18)19)16-12-14(25(27)28)9-10-17(16)29-15-6-2-1-3-7-15/h1-12H,13H2,(H,21,26). The number of non-ortho nitro benzene ring substituents is 1. The first-order valence-electron chi connectivity index (χ1n) is 8.70. The van der Waals surface area contributed by atoms with Crippen LogP contribution in [0.2, 0.25) is 0 Å². The topological polar surface area (TPSA) is 112 Å². The first-order valence-corrected chi connectivity index (χ1v) is 8.70. The minimum absolute atomic E-state index is 0.0527. The van der Waals surface area contributed by atoms with E-state index in [2.05, 4.69) is 15.5 Å². The molecule has 0 saturated heterocycles. The number of amides is 1. The van der Waals surface area contributed by atoms with Crippen molar-refractivity contribution in [2.45, 2.75) is 6.54 Å². The number of benzene rings is 2. The molecule has 144 valence electrons. The number of nitro groups is 1. The van der Waals surface area contributed by atoms with E-state index in [9.17, 15) is 14.9 Å². The highest BCUT2D eigenvalue weighted by atomic mass is 16.6. The molecule has 0 aliphatic heterocycles. The number of hydrogen-bond donors (Lipinski definition) is 1. The van der Waals surface area contributed by atoms with E-state index in [4.69, 9.17) is 4.74 Å². The number of hydrogen-bond acceptors (Lipinski definition) is 6. The van der Waals surface area contributed by atoms with E-state index >= 15 is 0 Å². The highest BCUT2D eigenvalue weighted by Crippen LogP contribution is 2.28. The molecule has 29 heavy (non-hydrogen) atoms. The summed E-state index contributed by atoms with van der Waals surface area (Å²) in [6.45, 7) is 0.0947. The van der Waals surface area contributed by atoms with Gasteiger partial charge in [-0.3, -0.25) is 19.3 Å². The molecule has 0 unspecified atom stereocenters. The van der Waals surface area contributed by atoms with Crippen molar-refractivity contribution in [2.75, 3.05) is 0 Å². The zero-order valence-corrected chi connectivity index (χ0v) is 15.1. The van der Waals surface area contributed by atoms with Crippen LogP contribution in [0.25, 0.3) is 5.65 Å². The summed E-state index contributed by atoms with van der Waals surface area (Å²) in [7, 11) is 0. The first-order chi connectivity index (χ1) is 14.1. The number of fused-ring (bicyclic) bond motifs is 1. The lowest BCUT2D eigenvalue weighted by atomic mass is 10.1. The highest BCUT2D eigenvalue weighted by Gasteiger charge is 2.19. The van der Waals surface area contributed by atoms with Gasteiger partial charge in [-0.15, -0.1) is 10.2 Å². The molecular formula is C20H15N5O4. The molecule has 9 nitrogen and oxygen atoms in total. The second-order valence-electron chi connectivity index (χ2n) is 6.08. The van der Waals surface area contributed by atoms with Crippen LogP contribution < -0.4 is 10.1 Å². The Labute approximate surface area is 164 Å². The van der Waals surface area contributed by atoms with Gasteiger partial charge in [-0.05, 0) is 30.3 Å². The van der Waals surface area contributed by atoms with Gasteiger partial charge >= 0.3 is 0 Å². The van der Waals surface area contributed by atoms with Crippen molar-refractivity contribution in [3.8, 4) is 11.5 Å². The molecule has 4 rings (SSSR count). The summed E-state index contributed by atoms with van der Waals surface area (Å²) in [6, 6.07) is 18.2. The molecule has 4 aromatic rings. The van der Waals surface area contributed by atoms with Gasteiger partial charge < -0.3 is 10.1 Å². The maximum atomic E-state index is 12.8. The Morgan fingerprint density at radius 2 is 1.86 bits per heavy atom. The Morgan fingerprint density at radius 1 is 1.07 bits per heavy atom. The number of carbonyl (C=O) groups is 1. The molecule has 2 aromatic heterocycles. The van der Waals surface area contributed by atoms with E-state index in [0.717, 1.165) is 0 Å². The van der Waals surface area contributed by atoms with Gasteiger partial charge in [-0.1, -0.05) is 24.3 Å². The zero-order chi connectivity index (χ0) is 20.2. The van der Waals surface area contributed by atoms with Crippen LogP contribution in [-0.4, -0.2) is 25.4 Å².